The molecule has 1 spiro atoms. The molecule has 1 atom stereocenters. The zero-order chi connectivity index (χ0) is 10.2. The van der Waals surface area contributed by atoms with Crippen LogP contribution in [0.2, 0.25) is 0 Å². The van der Waals surface area contributed by atoms with Gasteiger partial charge in [-0.05, 0) is 12.8 Å². The van der Waals surface area contributed by atoms with E-state index in [1.165, 1.54) is 11.8 Å². The SMILES string of the molecule is O=C(O)[C@H]1CSC2(CCCC2)C(=O)N1. The summed E-state index contributed by atoms with van der Waals surface area (Å²) in [7, 11) is 0. The van der Waals surface area contributed by atoms with Crippen molar-refractivity contribution in [3.63, 3.8) is 0 Å². The molecule has 2 N–H and O–H groups in total. The summed E-state index contributed by atoms with van der Waals surface area (Å²) in [6, 6.07) is -0.696. The van der Waals surface area contributed by atoms with Gasteiger partial charge in [0.1, 0.15) is 6.04 Å². The van der Waals surface area contributed by atoms with Crippen molar-refractivity contribution < 1.29 is 14.7 Å². The van der Waals surface area contributed by atoms with Crippen molar-refractivity contribution >= 4 is 23.6 Å². The molecule has 1 aliphatic heterocycles. The molecule has 78 valence electrons. The quantitative estimate of drug-likeness (QED) is 0.672. The van der Waals surface area contributed by atoms with E-state index in [-0.39, 0.29) is 10.7 Å². The number of nitrogens with one attached hydrogen (secondary N) is 1. The Balaban J connectivity index is 2.07. The van der Waals surface area contributed by atoms with E-state index >= 15 is 0 Å². The molecule has 2 aliphatic rings. The number of carboxylic acids is 1. The van der Waals surface area contributed by atoms with E-state index in [2.05, 4.69) is 5.32 Å². The lowest BCUT2D eigenvalue weighted by Crippen LogP contribution is -2.55. The zero-order valence-corrected chi connectivity index (χ0v) is 8.60. The maximum Gasteiger partial charge on any atom is 0.327 e. The molecule has 2 fully saturated rings. The topological polar surface area (TPSA) is 66.4 Å². The molecular formula is C9H13NO3S. The second kappa shape index (κ2) is 3.46. The maximum absolute atomic E-state index is 11.7. The Labute approximate surface area is 86.4 Å². The summed E-state index contributed by atoms with van der Waals surface area (Å²) in [4.78, 5) is 22.4. The van der Waals surface area contributed by atoms with Gasteiger partial charge in [0.15, 0.2) is 0 Å². The van der Waals surface area contributed by atoms with Gasteiger partial charge >= 0.3 is 5.97 Å². The molecule has 2 rings (SSSR count). The van der Waals surface area contributed by atoms with E-state index in [0.29, 0.717) is 5.75 Å². The van der Waals surface area contributed by atoms with Crippen molar-refractivity contribution in [1.82, 2.24) is 5.32 Å². The van der Waals surface area contributed by atoms with Crippen LogP contribution in [0.15, 0.2) is 0 Å². The van der Waals surface area contributed by atoms with Crippen LogP contribution in [0.4, 0.5) is 0 Å². The Kier molecular flexibility index (Phi) is 2.43. The lowest BCUT2D eigenvalue weighted by molar-refractivity contribution is -0.141. The highest BCUT2D eigenvalue weighted by Gasteiger charge is 2.46. The van der Waals surface area contributed by atoms with Gasteiger partial charge in [-0.2, -0.15) is 0 Å². The molecule has 0 unspecified atom stereocenters. The molecule has 1 saturated heterocycles. The minimum absolute atomic E-state index is 0.0707. The van der Waals surface area contributed by atoms with E-state index in [9.17, 15) is 9.59 Å². The fraction of sp³-hybridized carbons (Fsp3) is 0.778. The van der Waals surface area contributed by atoms with E-state index in [1.807, 2.05) is 0 Å². The first-order valence-electron chi connectivity index (χ1n) is 4.82. The second-order valence-corrected chi connectivity index (χ2v) is 5.28. The van der Waals surface area contributed by atoms with Crippen LogP contribution in [-0.2, 0) is 9.59 Å². The normalized spacial score (nSPS) is 30.3. The third-order valence-electron chi connectivity index (χ3n) is 2.95. The lowest BCUT2D eigenvalue weighted by Gasteiger charge is -2.34. The number of thioether (sulfide) groups is 1. The largest absolute Gasteiger partial charge is 0.480 e. The van der Waals surface area contributed by atoms with Crippen molar-refractivity contribution in [2.45, 2.75) is 36.5 Å². The second-order valence-electron chi connectivity index (χ2n) is 3.88. The molecule has 1 heterocycles. The Bertz CT molecular complexity index is 273. The van der Waals surface area contributed by atoms with Crippen LogP contribution < -0.4 is 5.32 Å². The highest BCUT2D eigenvalue weighted by Crippen LogP contribution is 2.43. The first-order valence-corrected chi connectivity index (χ1v) is 5.80. The Morgan fingerprint density at radius 3 is 2.64 bits per heavy atom. The zero-order valence-electron chi connectivity index (χ0n) is 7.78. The third-order valence-corrected chi connectivity index (χ3v) is 4.60. The summed E-state index contributed by atoms with van der Waals surface area (Å²) in [5.41, 5.74) is 0. The van der Waals surface area contributed by atoms with E-state index in [4.69, 9.17) is 5.11 Å². The average molecular weight is 215 g/mol. The first-order chi connectivity index (χ1) is 6.64. The number of carboxylic acid groups (broad SMARTS) is 1. The highest BCUT2D eigenvalue weighted by molar-refractivity contribution is 8.01. The van der Waals surface area contributed by atoms with Gasteiger partial charge in [-0.25, -0.2) is 4.79 Å². The molecule has 14 heavy (non-hydrogen) atoms. The number of hydrogen-bond donors (Lipinski definition) is 2. The summed E-state index contributed by atoms with van der Waals surface area (Å²) in [6.45, 7) is 0. The minimum Gasteiger partial charge on any atom is -0.480 e. The van der Waals surface area contributed by atoms with Crippen molar-refractivity contribution in [2.75, 3.05) is 5.75 Å². The molecule has 0 aromatic rings. The number of hydrogen-bond acceptors (Lipinski definition) is 3. The maximum atomic E-state index is 11.7. The van der Waals surface area contributed by atoms with Crippen LogP contribution >= 0.6 is 11.8 Å². The smallest absolute Gasteiger partial charge is 0.327 e. The van der Waals surface area contributed by atoms with Gasteiger partial charge < -0.3 is 10.4 Å². The number of carbonyl (C=O) groups is 2. The minimum atomic E-state index is -0.932. The number of rotatable bonds is 1. The Hall–Kier alpha value is -0.710. The van der Waals surface area contributed by atoms with Crippen molar-refractivity contribution in [3.8, 4) is 0 Å². The number of aliphatic carboxylic acids is 1. The molecule has 1 saturated carbocycles. The van der Waals surface area contributed by atoms with Crippen LogP contribution in [0, 0.1) is 0 Å². The standard InChI is InChI=1S/C9H13NO3S/c11-7(12)6-5-14-9(8(13)10-6)3-1-2-4-9/h6H,1-5H2,(H,10,13)(H,11,12)/t6-/m1/s1. The molecule has 4 nitrogen and oxygen atoms in total. The van der Waals surface area contributed by atoms with Crippen molar-refractivity contribution in [1.29, 1.82) is 0 Å². The van der Waals surface area contributed by atoms with E-state index in [0.717, 1.165) is 25.7 Å². The fourth-order valence-corrected chi connectivity index (χ4v) is 3.57. The summed E-state index contributed by atoms with van der Waals surface area (Å²) in [5.74, 6) is -0.501. The van der Waals surface area contributed by atoms with Crippen LogP contribution in [-0.4, -0.2) is 33.5 Å². The number of amides is 1. The summed E-state index contributed by atoms with van der Waals surface area (Å²) < 4.78 is -0.300. The van der Waals surface area contributed by atoms with Gasteiger partial charge in [0, 0.05) is 5.75 Å². The summed E-state index contributed by atoms with van der Waals surface area (Å²) >= 11 is 1.52. The predicted molar refractivity (Wildman–Crippen MR) is 53.2 cm³/mol. The van der Waals surface area contributed by atoms with Crippen LogP contribution in [0.1, 0.15) is 25.7 Å². The van der Waals surface area contributed by atoms with Gasteiger partial charge in [-0.15, -0.1) is 11.8 Å². The van der Waals surface area contributed by atoms with Crippen LogP contribution in [0.25, 0.3) is 0 Å². The molecule has 0 radical (unpaired) electrons. The van der Waals surface area contributed by atoms with Crippen molar-refractivity contribution in [2.24, 2.45) is 0 Å². The Morgan fingerprint density at radius 1 is 1.50 bits per heavy atom. The molecule has 0 aromatic carbocycles. The average Bonchev–Trinajstić information content (AvgIpc) is 2.59. The van der Waals surface area contributed by atoms with Crippen LogP contribution in [0.5, 0.6) is 0 Å². The molecule has 0 aromatic heterocycles. The fourth-order valence-electron chi connectivity index (χ4n) is 2.09. The molecule has 1 aliphatic carbocycles. The molecule has 0 bridgehead atoms. The molecule has 1 amide bonds. The molecule has 5 heteroatoms. The number of carbonyl (C=O) groups excluding carboxylic acids is 1. The third kappa shape index (κ3) is 1.49. The van der Waals surface area contributed by atoms with E-state index in [1.54, 1.807) is 0 Å². The van der Waals surface area contributed by atoms with Gasteiger partial charge in [-0.3, -0.25) is 4.79 Å². The summed E-state index contributed by atoms with van der Waals surface area (Å²) in [5, 5.41) is 11.3. The lowest BCUT2D eigenvalue weighted by atomic mass is 10.1. The monoisotopic (exact) mass is 215 g/mol. The van der Waals surface area contributed by atoms with Gasteiger partial charge in [0.25, 0.3) is 0 Å². The van der Waals surface area contributed by atoms with Gasteiger partial charge in [0.2, 0.25) is 5.91 Å². The summed E-state index contributed by atoms with van der Waals surface area (Å²) in [6.07, 6.45) is 3.96. The van der Waals surface area contributed by atoms with Crippen LogP contribution in [0.3, 0.4) is 0 Å². The van der Waals surface area contributed by atoms with E-state index < -0.39 is 12.0 Å². The van der Waals surface area contributed by atoms with Gasteiger partial charge in [0.05, 0.1) is 4.75 Å². The highest BCUT2D eigenvalue weighted by atomic mass is 32.2. The first kappa shape index (κ1) is 9.83. The predicted octanol–water partition coefficient (Wildman–Crippen LogP) is 0.615. The van der Waals surface area contributed by atoms with Crippen molar-refractivity contribution in [3.05, 3.63) is 0 Å². The van der Waals surface area contributed by atoms with Gasteiger partial charge in [-0.1, -0.05) is 12.8 Å². The Morgan fingerprint density at radius 2 is 2.14 bits per heavy atom. The molecular weight excluding hydrogens is 202 g/mol.